The van der Waals surface area contributed by atoms with Crippen molar-refractivity contribution in [1.29, 1.82) is 0 Å². The first-order chi connectivity index (χ1) is 7.67. The molecular formula is C11H15ClN2O2. The first kappa shape index (κ1) is 12.8. The van der Waals surface area contributed by atoms with Crippen LogP contribution in [0.3, 0.4) is 0 Å². The largest absolute Gasteiger partial charge is 0.325 e. The molecule has 16 heavy (non-hydrogen) atoms. The van der Waals surface area contributed by atoms with Crippen LogP contribution in [0.2, 0.25) is 0 Å². The van der Waals surface area contributed by atoms with Crippen LogP contribution in [0.4, 0.5) is 5.69 Å². The zero-order valence-corrected chi connectivity index (χ0v) is 9.96. The summed E-state index contributed by atoms with van der Waals surface area (Å²) in [6, 6.07) is 3.05. The third kappa shape index (κ3) is 3.70. The maximum Gasteiger partial charge on any atom is 0.250 e. The fourth-order valence-corrected chi connectivity index (χ4v) is 1.50. The van der Waals surface area contributed by atoms with Crippen molar-refractivity contribution in [2.45, 2.75) is 26.3 Å². The molecule has 0 aliphatic carbocycles. The molecule has 0 aliphatic rings. The van der Waals surface area contributed by atoms with Gasteiger partial charge in [-0.3, -0.25) is 9.59 Å². The quantitative estimate of drug-likeness (QED) is 0.801. The lowest BCUT2D eigenvalue weighted by molar-refractivity contribution is -0.115. The van der Waals surface area contributed by atoms with Crippen LogP contribution in [0.5, 0.6) is 0 Å². The van der Waals surface area contributed by atoms with Crippen LogP contribution in [0, 0.1) is 0 Å². The molecule has 0 radical (unpaired) electrons. The second-order valence-electron chi connectivity index (χ2n) is 3.44. The molecule has 1 N–H and O–H groups in total. The Labute approximate surface area is 99.2 Å². The van der Waals surface area contributed by atoms with E-state index in [1.807, 2.05) is 6.92 Å². The second kappa shape index (κ2) is 6.33. The van der Waals surface area contributed by atoms with Crippen molar-refractivity contribution < 1.29 is 4.79 Å². The van der Waals surface area contributed by atoms with Gasteiger partial charge in [-0.2, -0.15) is 0 Å². The molecule has 0 unspecified atom stereocenters. The van der Waals surface area contributed by atoms with Crippen molar-refractivity contribution in [1.82, 2.24) is 4.57 Å². The summed E-state index contributed by atoms with van der Waals surface area (Å²) in [4.78, 5) is 22.7. The van der Waals surface area contributed by atoms with Crippen LogP contribution >= 0.6 is 11.6 Å². The average molecular weight is 243 g/mol. The Bertz CT molecular complexity index is 415. The van der Waals surface area contributed by atoms with Gasteiger partial charge in [-0.25, -0.2) is 0 Å². The fraction of sp³-hybridized carbons (Fsp3) is 0.455. The lowest BCUT2D eigenvalue weighted by Crippen LogP contribution is -2.20. The number of aryl methyl sites for hydroxylation is 1. The Morgan fingerprint density at radius 1 is 1.50 bits per heavy atom. The summed E-state index contributed by atoms with van der Waals surface area (Å²) in [6.45, 7) is 2.64. The number of aromatic nitrogens is 1. The fourth-order valence-electron chi connectivity index (χ4n) is 1.33. The molecule has 1 amide bonds. The van der Waals surface area contributed by atoms with E-state index in [-0.39, 0.29) is 17.9 Å². The molecule has 88 valence electrons. The zero-order chi connectivity index (χ0) is 12.0. The van der Waals surface area contributed by atoms with Gasteiger partial charge in [0.15, 0.2) is 0 Å². The van der Waals surface area contributed by atoms with Crippen molar-refractivity contribution >= 4 is 23.2 Å². The number of nitrogens with one attached hydrogen (secondary N) is 1. The first-order valence-electron chi connectivity index (χ1n) is 5.23. The zero-order valence-electron chi connectivity index (χ0n) is 9.20. The lowest BCUT2D eigenvalue weighted by Gasteiger charge is -2.07. The van der Waals surface area contributed by atoms with Gasteiger partial charge in [0.1, 0.15) is 0 Å². The maximum atomic E-state index is 11.4. The molecular weight excluding hydrogens is 228 g/mol. The van der Waals surface area contributed by atoms with Gasteiger partial charge < -0.3 is 9.88 Å². The summed E-state index contributed by atoms with van der Waals surface area (Å²) in [5.74, 6) is 0.150. The summed E-state index contributed by atoms with van der Waals surface area (Å²) >= 11 is 5.45. The van der Waals surface area contributed by atoms with Gasteiger partial charge in [0.2, 0.25) is 5.91 Å². The highest BCUT2D eigenvalue weighted by molar-refractivity contribution is 6.19. The molecule has 0 saturated heterocycles. The molecule has 5 heteroatoms. The van der Waals surface area contributed by atoms with Gasteiger partial charge in [-0.15, -0.1) is 11.6 Å². The summed E-state index contributed by atoms with van der Waals surface area (Å²) in [6.07, 6.45) is 2.80. The minimum atomic E-state index is -0.142. The summed E-state index contributed by atoms with van der Waals surface area (Å²) in [5.41, 5.74) is 0.570. The lowest BCUT2D eigenvalue weighted by atomic mass is 10.3. The Morgan fingerprint density at radius 2 is 2.25 bits per heavy atom. The Hall–Kier alpha value is -1.29. The molecule has 0 fully saturated rings. The van der Waals surface area contributed by atoms with E-state index in [9.17, 15) is 9.59 Å². The number of alkyl halides is 1. The SMILES string of the molecule is CCCn1cc(NC(=O)CCCl)ccc1=O. The number of halogens is 1. The molecule has 0 spiro atoms. The smallest absolute Gasteiger partial charge is 0.250 e. The first-order valence-corrected chi connectivity index (χ1v) is 5.77. The summed E-state index contributed by atoms with van der Waals surface area (Å²) in [7, 11) is 0. The molecule has 1 heterocycles. The molecule has 0 aliphatic heterocycles. The van der Waals surface area contributed by atoms with Gasteiger partial charge in [0, 0.05) is 31.1 Å². The minimum absolute atomic E-state index is 0.0582. The third-order valence-electron chi connectivity index (χ3n) is 2.05. The second-order valence-corrected chi connectivity index (χ2v) is 3.81. The Kier molecular flexibility index (Phi) is 5.05. The van der Waals surface area contributed by atoms with E-state index in [1.165, 1.54) is 6.07 Å². The molecule has 0 bridgehead atoms. The molecule has 0 aromatic carbocycles. The van der Waals surface area contributed by atoms with Crippen LogP contribution in [0.1, 0.15) is 19.8 Å². The number of carbonyl (C=O) groups is 1. The van der Waals surface area contributed by atoms with Gasteiger partial charge in [0.25, 0.3) is 5.56 Å². The molecule has 0 atom stereocenters. The third-order valence-corrected chi connectivity index (χ3v) is 2.24. The number of amides is 1. The standard InChI is InChI=1S/C11H15ClN2O2/c1-2-7-14-8-9(3-4-11(14)16)13-10(15)5-6-12/h3-4,8H,2,5-7H2,1H3,(H,13,15). The van der Waals surface area contributed by atoms with E-state index in [2.05, 4.69) is 5.32 Å². The minimum Gasteiger partial charge on any atom is -0.325 e. The molecule has 1 rings (SSSR count). The number of carbonyl (C=O) groups excluding carboxylic acids is 1. The van der Waals surface area contributed by atoms with Crippen molar-refractivity contribution in [3.8, 4) is 0 Å². The van der Waals surface area contributed by atoms with E-state index in [1.54, 1.807) is 16.8 Å². The topological polar surface area (TPSA) is 51.1 Å². The normalized spacial score (nSPS) is 10.1. The monoisotopic (exact) mass is 242 g/mol. The number of nitrogens with zero attached hydrogens (tertiary/aromatic N) is 1. The predicted molar refractivity (Wildman–Crippen MR) is 65.0 cm³/mol. The Morgan fingerprint density at radius 3 is 2.88 bits per heavy atom. The van der Waals surface area contributed by atoms with Gasteiger partial charge >= 0.3 is 0 Å². The van der Waals surface area contributed by atoms with Crippen molar-refractivity contribution in [3.05, 3.63) is 28.7 Å². The number of rotatable bonds is 5. The van der Waals surface area contributed by atoms with Crippen molar-refractivity contribution in [3.63, 3.8) is 0 Å². The highest BCUT2D eigenvalue weighted by Gasteiger charge is 2.02. The number of pyridine rings is 1. The van der Waals surface area contributed by atoms with Crippen LogP contribution in [0.15, 0.2) is 23.1 Å². The average Bonchev–Trinajstić information content (AvgIpc) is 2.24. The van der Waals surface area contributed by atoms with Gasteiger partial charge in [-0.1, -0.05) is 6.92 Å². The molecule has 0 saturated carbocycles. The van der Waals surface area contributed by atoms with E-state index in [0.29, 0.717) is 18.1 Å². The summed E-state index contributed by atoms with van der Waals surface area (Å²) in [5, 5.41) is 2.69. The molecule has 1 aromatic rings. The number of anilines is 1. The highest BCUT2D eigenvalue weighted by Crippen LogP contribution is 2.04. The molecule has 4 nitrogen and oxygen atoms in total. The van der Waals surface area contributed by atoms with E-state index < -0.39 is 0 Å². The van der Waals surface area contributed by atoms with Crippen LogP contribution in [-0.4, -0.2) is 16.4 Å². The molecule has 1 aromatic heterocycles. The number of hydrogen-bond acceptors (Lipinski definition) is 2. The van der Waals surface area contributed by atoms with E-state index in [4.69, 9.17) is 11.6 Å². The van der Waals surface area contributed by atoms with Gasteiger partial charge in [-0.05, 0) is 12.5 Å². The summed E-state index contributed by atoms with van der Waals surface area (Å²) < 4.78 is 1.58. The predicted octanol–water partition coefficient (Wildman–Crippen LogP) is 1.83. The Balaban J connectivity index is 2.78. The van der Waals surface area contributed by atoms with Crippen LogP contribution in [0.25, 0.3) is 0 Å². The van der Waals surface area contributed by atoms with Gasteiger partial charge in [0.05, 0.1) is 5.69 Å². The number of hydrogen-bond donors (Lipinski definition) is 1. The van der Waals surface area contributed by atoms with E-state index >= 15 is 0 Å². The van der Waals surface area contributed by atoms with Crippen LogP contribution < -0.4 is 10.9 Å². The maximum absolute atomic E-state index is 11.4. The van der Waals surface area contributed by atoms with Crippen LogP contribution in [-0.2, 0) is 11.3 Å². The van der Waals surface area contributed by atoms with Crippen molar-refractivity contribution in [2.75, 3.05) is 11.2 Å². The van der Waals surface area contributed by atoms with Crippen molar-refractivity contribution in [2.24, 2.45) is 0 Å². The van der Waals surface area contributed by atoms with E-state index in [0.717, 1.165) is 6.42 Å². The highest BCUT2D eigenvalue weighted by atomic mass is 35.5.